The van der Waals surface area contributed by atoms with Gasteiger partial charge in [0.15, 0.2) is 9.84 Å². The van der Waals surface area contributed by atoms with Crippen molar-refractivity contribution < 1.29 is 13.2 Å². The van der Waals surface area contributed by atoms with Crippen LogP contribution in [0.2, 0.25) is 0 Å². The zero-order chi connectivity index (χ0) is 12.2. The summed E-state index contributed by atoms with van der Waals surface area (Å²) in [7, 11) is -3.02. The van der Waals surface area contributed by atoms with Crippen LogP contribution in [0.3, 0.4) is 0 Å². The molecule has 1 N–H and O–H groups in total. The van der Waals surface area contributed by atoms with Crippen LogP contribution in [-0.4, -0.2) is 45.2 Å². The Kier molecular flexibility index (Phi) is 4.76. The van der Waals surface area contributed by atoms with Gasteiger partial charge in [0.25, 0.3) is 0 Å². The molecule has 0 spiro atoms. The van der Waals surface area contributed by atoms with Crippen molar-refractivity contribution in [1.82, 2.24) is 5.32 Å². The van der Waals surface area contributed by atoms with Crippen LogP contribution >= 0.6 is 0 Å². The van der Waals surface area contributed by atoms with E-state index in [2.05, 4.69) is 5.32 Å². The zero-order valence-corrected chi connectivity index (χ0v) is 11.3. The van der Waals surface area contributed by atoms with Crippen LogP contribution < -0.4 is 5.32 Å². The smallest absolute Gasteiger partial charge is 0.154 e. The van der Waals surface area contributed by atoms with Gasteiger partial charge in [-0.1, -0.05) is 13.8 Å². The summed E-state index contributed by atoms with van der Waals surface area (Å²) in [4.78, 5) is 0. The third-order valence-corrected chi connectivity index (χ3v) is 6.01. The van der Waals surface area contributed by atoms with Crippen LogP contribution in [0.4, 0.5) is 0 Å². The number of nitrogens with one attached hydrogen (secondary N) is 1. The molecule has 0 saturated carbocycles. The largest absolute Gasteiger partial charge is 0.380 e. The Balaban J connectivity index is 2.63. The molecule has 0 aliphatic carbocycles. The highest BCUT2D eigenvalue weighted by Crippen LogP contribution is 2.24. The van der Waals surface area contributed by atoms with Crippen molar-refractivity contribution in [3.8, 4) is 0 Å². The molecule has 96 valence electrons. The summed E-state index contributed by atoms with van der Waals surface area (Å²) in [5.74, 6) is 0. The minimum absolute atomic E-state index is 0.319. The average molecular weight is 249 g/mol. The van der Waals surface area contributed by atoms with Crippen molar-refractivity contribution >= 4 is 9.84 Å². The molecule has 0 aromatic heterocycles. The minimum atomic E-state index is -3.02. The number of ether oxygens (including phenoxy) is 1. The van der Waals surface area contributed by atoms with Gasteiger partial charge < -0.3 is 10.1 Å². The van der Waals surface area contributed by atoms with Gasteiger partial charge in [0.2, 0.25) is 0 Å². The molecule has 5 heteroatoms. The van der Waals surface area contributed by atoms with E-state index in [-0.39, 0.29) is 0 Å². The molecule has 4 nitrogen and oxygen atoms in total. The van der Waals surface area contributed by atoms with Gasteiger partial charge in [0.05, 0.1) is 11.4 Å². The lowest BCUT2D eigenvalue weighted by molar-refractivity contribution is 0.189. The summed E-state index contributed by atoms with van der Waals surface area (Å²) in [6.45, 7) is 5.90. The summed E-state index contributed by atoms with van der Waals surface area (Å²) in [5, 5.41) is 3.33. The second-order valence-corrected chi connectivity index (χ2v) is 7.01. The second kappa shape index (κ2) is 5.47. The topological polar surface area (TPSA) is 55.4 Å². The zero-order valence-electron chi connectivity index (χ0n) is 10.5. The first kappa shape index (κ1) is 13.9. The average Bonchev–Trinajstić information content (AvgIpc) is 2.71. The van der Waals surface area contributed by atoms with Gasteiger partial charge in [-0.25, -0.2) is 8.42 Å². The van der Waals surface area contributed by atoms with Crippen molar-refractivity contribution in [3.05, 3.63) is 0 Å². The van der Waals surface area contributed by atoms with E-state index in [1.807, 2.05) is 13.8 Å². The first-order chi connectivity index (χ1) is 7.45. The molecule has 1 unspecified atom stereocenters. The summed E-state index contributed by atoms with van der Waals surface area (Å²) in [6.07, 6.45) is 3.63. The number of hydrogen-bond donors (Lipinski definition) is 1. The molecule has 1 fully saturated rings. The predicted molar refractivity (Wildman–Crippen MR) is 65.4 cm³/mol. The minimum Gasteiger partial charge on any atom is -0.380 e. The molecule has 0 aromatic rings. The third-order valence-electron chi connectivity index (χ3n) is 3.72. The molecular weight excluding hydrogens is 226 g/mol. The Morgan fingerprint density at radius 1 is 1.38 bits per heavy atom. The van der Waals surface area contributed by atoms with E-state index in [1.54, 1.807) is 0 Å². The lowest BCUT2D eigenvalue weighted by atomic mass is 10.0. The van der Waals surface area contributed by atoms with Gasteiger partial charge in [0, 0.05) is 25.4 Å². The van der Waals surface area contributed by atoms with E-state index in [0.717, 1.165) is 13.0 Å². The lowest BCUT2D eigenvalue weighted by Gasteiger charge is -2.31. The fraction of sp³-hybridized carbons (Fsp3) is 1.00. The fourth-order valence-electron chi connectivity index (χ4n) is 2.18. The Hall–Kier alpha value is -0.130. The van der Waals surface area contributed by atoms with Gasteiger partial charge in [-0.15, -0.1) is 0 Å². The van der Waals surface area contributed by atoms with Crippen LogP contribution in [0, 0.1) is 0 Å². The van der Waals surface area contributed by atoms with Gasteiger partial charge in [-0.3, -0.25) is 0 Å². The summed E-state index contributed by atoms with van der Waals surface area (Å²) in [6, 6.07) is 0.319. The molecule has 1 rings (SSSR count). The normalized spacial score (nSPS) is 22.6. The first-order valence-corrected chi connectivity index (χ1v) is 7.85. The summed E-state index contributed by atoms with van der Waals surface area (Å²) in [5.41, 5.74) is 0. The Morgan fingerprint density at radius 3 is 2.38 bits per heavy atom. The fourth-order valence-corrected chi connectivity index (χ4v) is 3.58. The second-order valence-electron chi connectivity index (χ2n) is 4.60. The van der Waals surface area contributed by atoms with Gasteiger partial charge in [-0.05, 0) is 19.3 Å². The number of sulfone groups is 1. The summed E-state index contributed by atoms with van der Waals surface area (Å²) < 4.78 is 28.3. The Labute approximate surface area is 98.7 Å². The molecule has 16 heavy (non-hydrogen) atoms. The van der Waals surface area contributed by atoms with Crippen molar-refractivity contribution in [2.45, 2.75) is 43.9 Å². The van der Waals surface area contributed by atoms with Crippen LogP contribution in [0.5, 0.6) is 0 Å². The number of hydrogen-bond acceptors (Lipinski definition) is 4. The molecular formula is C11H23NO3S. The molecule has 1 saturated heterocycles. The van der Waals surface area contributed by atoms with Crippen molar-refractivity contribution in [2.75, 3.05) is 26.0 Å². The van der Waals surface area contributed by atoms with E-state index in [1.165, 1.54) is 6.26 Å². The van der Waals surface area contributed by atoms with E-state index in [9.17, 15) is 8.42 Å². The maximum atomic E-state index is 11.8. The molecule has 0 bridgehead atoms. The van der Waals surface area contributed by atoms with Crippen molar-refractivity contribution in [1.29, 1.82) is 0 Å². The van der Waals surface area contributed by atoms with E-state index in [0.29, 0.717) is 32.0 Å². The highest BCUT2D eigenvalue weighted by Gasteiger charge is 2.37. The van der Waals surface area contributed by atoms with Gasteiger partial charge >= 0.3 is 0 Å². The van der Waals surface area contributed by atoms with E-state index < -0.39 is 14.6 Å². The summed E-state index contributed by atoms with van der Waals surface area (Å²) >= 11 is 0. The molecule has 1 aliphatic heterocycles. The molecule has 1 aliphatic rings. The maximum Gasteiger partial charge on any atom is 0.154 e. The number of rotatable bonds is 6. The van der Waals surface area contributed by atoms with Crippen LogP contribution in [0.1, 0.15) is 33.1 Å². The highest BCUT2D eigenvalue weighted by atomic mass is 32.2. The third kappa shape index (κ3) is 2.96. The monoisotopic (exact) mass is 249 g/mol. The maximum absolute atomic E-state index is 11.8. The van der Waals surface area contributed by atoms with E-state index in [4.69, 9.17) is 4.74 Å². The first-order valence-electron chi connectivity index (χ1n) is 5.96. The molecule has 1 heterocycles. The molecule has 1 atom stereocenters. The molecule has 0 amide bonds. The highest BCUT2D eigenvalue weighted by molar-refractivity contribution is 7.92. The van der Waals surface area contributed by atoms with Crippen LogP contribution in [-0.2, 0) is 14.6 Å². The molecule has 0 radical (unpaired) electrons. The van der Waals surface area contributed by atoms with E-state index >= 15 is 0 Å². The van der Waals surface area contributed by atoms with Crippen molar-refractivity contribution in [2.24, 2.45) is 0 Å². The van der Waals surface area contributed by atoms with Gasteiger partial charge in [0.1, 0.15) is 0 Å². The Morgan fingerprint density at radius 2 is 2.00 bits per heavy atom. The molecule has 0 aromatic carbocycles. The lowest BCUT2D eigenvalue weighted by Crippen LogP contribution is -2.48. The quantitative estimate of drug-likeness (QED) is 0.762. The SMILES string of the molecule is CCC(CC)(CNC1CCOC1)S(C)(=O)=O. The Bertz CT molecular complexity index is 303. The van der Waals surface area contributed by atoms with Crippen LogP contribution in [0.15, 0.2) is 0 Å². The van der Waals surface area contributed by atoms with Gasteiger partial charge in [-0.2, -0.15) is 0 Å². The van der Waals surface area contributed by atoms with Crippen molar-refractivity contribution in [3.63, 3.8) is 0 Å². The van der Waals surface area contributed by atoms with Crippen LogP contribution in [0.25, 0.3) is 0 Å². The predicted octanol–water partition coefficient (Wildman–Crippen LogP) is 0.968. The standard InChI is InChI=1S/C11H23NO3S/c1-4-11(5-2,16(3,13)14)9-12-10-6-7-15-8-10/h10,12H,4-9H2,1-3H3.